The lowest BCUT2D eigenvalue weighted by molar-refractivity contribution is 0.0697. The van der Waals surface area contributed by atoms with Crippen LogP contribution >= 0.6 is 0 Å². The van der Waals surface area contributed by atoms with Crippen molar-refractivity contribution in [3.05, 3.63) is 29.8 Å². The Morgan fingerprint density at radius 2 is 1.67 bits per heavy atom. The summed E-state index contributed by atoms with van der Waals surface area (Å²) < 4.78 is 10.5. The van der Waals surface area contributed by atoms with Crippen LogP contribution in [-0.2, 0) is 4.74 Å². The van der Waals surface area contributed by atoms with Gasteiger partial charge >= 0.3 is 5.97 Å². The molecule has 0 amide bonds. The van der Waals surface area contributed by atoms with Crippen LogP contribution in [0.15, 0.2) is 24.3 Å². The Kier molecular flexibility index (Phi) is 6.87. The van der Waals surface area contributed by atoms with Crippen LogP contribution in [0, 0.1) is 0 Å². The van der Waals surface area contributed by atoms with Crippen LogP contribution in [0.5, 0.6) is 5.75 Å². The minimum absolute atomic E-state index is 0.280. The smallest absolute Gasteiger partial charge is 0.335 e. The van der Waals surface area contributed by atoms with Gasteiger partial charge in [-0.1, -0.05) is 6.42 Å². The zero-order valence-electron chi connectivity index (χ0n) is 10.7. The van der Waals surface area contributed by atoms with Gasteiger partial charge in [0, 0.05) is 13.7 Å². The number of carboxylic acid groups (broad SMARTS) is 1. The number of hydrogen-bond donors (Lipinski definition) is 1. The van der Waals surface area contributed by atoms with Gasteiger partial charge in [-0.25, -0.2) is 4.79 Å². The molecule has 0 spiro atoms. The lowest BCUT2D eigenvalue weighted by Gasteiger charge is -2.06. The van der Waals surface area contributed by atoms with Crippen LogP contribution in [0.2, 0.25) is 0 Å². The highest BCUT2D eigenvalue weighted by molar-refractivity contribution is 5.87. The van der Waals surface area contributed by atoms with Crippen LogP contribution in [0.25, 0.3) is 0 Å². The SMILES string of the molecule is COCCCCCCOc1ccc(C(=O)O)cc1. The number of ether oxygens (including phenoxy) is 2. The number of rotatable bonds is 9. The van der Waals surface area contributed by atoms with Crippen molar-refractivity contribution in [1.29, 1.82) is 0 Å². The van der Waals surface area contributed by atoms with Crippen LogP contribution in [0.4, 0.5) is 0 Å². The molecule has 0 saturated carbocycles. The van der Waals surface area contributed by atoms with Crippen molar-refractivity contribution in [2.24, 2.45) is 0 Å². The number of carboxylic acids is 1. The quantitative estimate of drug-likeness (QED) is 0.686. The second kappa shape index (κ2) is 8.53. The minimum Gasteiger partial charge on any atom is -0.494 e. The van der Waals surface area contributed by atoms with Gasteiger partial charge in [-0.2, -0.15) is 0 Å². The molecular weight excluding hydrogens is 232 g/mol. The van der Waals surface area contributed by atoms with E-state index in [9.17, 15) is 4.79 Å². The highest BCUT2D eigenvalue weighted by atomic mass is 16.5. The van der Waals surface area contributed by atoms with Gasteiger partial charge in [0.15, 0.2) is 0 Å². The summed E-state index contributed by atoms with van der Waals surface area (Å²) in [7, 11) is 1.71. The molecule has 0 unspecified atom stereocenters. The third kappa shape index (κ3) is 5.68. The summed E-state index contributed by atoms with van der Waals surface area (Å²) >= 11 is 0. The van der Waals surface area contributed by atoms with E-state index < -0.39 is 5.97 Å². The van der Waals surface area contributed by atoms with Crippen molar-refractivity contribution in [1.82, 2.24) is 0 Å². The molecule has 18 heavy (non-hydrogen) atoms. The molecule has 1 rings (SSSR count). The maximum absolute atomic E-state index is 10.6. The molecule has 1 aromatic rings. The molecule has 0 aromatic heterocycles. The van der Waals surface area contributed by atoms with Crippen molar-refractivity contribution in [3.8, 4) is 5.75 Å². The van der Waals surface area contributed by atoms with Crippen LogP contribution in [0.1, 0.15) is 36.0 Å². The summed E-state index contributed by atoms with van der Waals surface area (Å²) in [6, 6.07) is 6.48. The Hall–Kier alpha value is -1.55. The fraction of sp³-hybridized carbons (Fsp3) is 0.500. The second-order valence-electron chi connectivity index (χ2n) is 4.09. The van der Waals surface area contributed by atoms with Crippen LogP contribution < -0.4 is 4.74 Å². The molecule has 0 aliphatic rings. The number of aromatic carboxylic acids is 1. The zero-order chi connectivity index (χ0) is 13.2. The summed E-state index contributed by atoms with van der Waals surface area (Å²) in [5.74, 6) is -0.198. The molecule has 0 saturated heterocycles. The average molecular weight is 252 g/mol. The van der Waals surface area contributed by atoms with E-state index in [2.05, 4.69) is 0 Å². The van der Waals surface area contributed by atoms with E-state index in [1.54, 1.807) is 31.4 Å². The molecule has 0 heterocycles. The predicted octanol–water partition coefficient (Wildman–Crippen LogP) is 2.97. The fourth-order valence-corrected chi connectivity index (χ4v) is 1.59. The topological polar surface area (TPSA) is 55.8 Å². The van der Waals surface area contributed by atoms with Gasteiger partial charge in [0.25, 0.3) is 0 Å². The van der Waals surface area contributed by atoms with E-state index in [4.69, 9.17) is 14.6 Å². The number of carbonyl (C=O) groups is 1. The molecule has 0 radical (unpaired) electrons. The van der Waals surface area contributed by atoms with E-state index in [0.29, 0.717) is 6.61 Å². The Morgan fingerprint density at radius 3 is 2.22 bits per heavy atom. The molecular formula is C14H20O4. The normalized spacial score (nSPS) is 10.3. The van der Waals surface area contributed by atoms with Gasteiger partial charge in [0.05, 0.1) is 12.2 Å². The lowest BCUT2D eigenvalue weighted by atomic mass is 10.2. The number of benzene rings is 1. The number of hydrogen-bond acceptors (Lipinski definition) is 3. The zero-order valence-corrected chi connectivity index (χ0v) is 10.7. The summed E-state index contributed by atoms with van der Waals surface area (Å²) in [6.45, 7) is 1.48. The molecule has 0 bridgehead atoms. The van der Waals surface area contributed by atoms with Gasteiger partial charge in [0.1, 0.15) is 5.75 Å². The highest BCUT2D eigenvalue weighted by Crippen LogP contribution is 2.13. The van der Waals surface area contributed by atoms with Crippen LogP contribution in [-0.4, -0.2) is 31.4 Å². The van der Waals surface area contributed by atoms with E-state index in [0.717, 1.165) is 38.0 Å². The summed E-state index contributed by atoms with van der Waals surface area (Å²) in [4.78, 5) is 10.6. The molecule has 0 aliphatic carbocycles. The van der Waals surface area contributed by atoms with Gasteiger partial charge in [-0.3, -0.25) is 0 Å². The van der Waals surface area contributed by atoms with Gasteiger partial charge in [-0.15, -0.1) is 0 Å². The van der Waals surface area contributed by atoms with E-state index in [1.165, 1.54) is 0 Å². The molecule has 0 atom stereocenters. The molecule has 0 aliphatic heterocycles. The first-order chi connectivity index (χ1) is 8.74. The second-order valence-corrected chi connectivity index (χ2v) is 4.09. The molecule has 1 aromatic carbocycles. The Balaban J connectivity index is 2.14. The Labute approximate surface area is 108 Å². The van der Waals surface area contributed by atoms with Crippen molar-refractivity contribution in [2.45, 2.75) is 25.7 Å². The lowest BCUT2D eigenvalue weighted by Crippen LogP contribution is -1.99. The van der Waals surface area contributed by atoms with E-state index in [1.807, 2.05) is 0 Å². The van der Waals surface area contributed by atoms with Crippen molar-refractivity contribution in [3.63, 3.8) is 0 Å². The van der Waals surface area contributed by atoms with Crippen molar-refractivity contribution < 1.29 is 19.4 Å². The standard InChI is InChI=1S/C14H20O4/c1-17-10-4-2-3-5-11-18-13-8-6-12(7-9-13)14(15)16/h6-9H,2-5,10-11H2,1H3,(H,15,16). The first-order valence-corrected chi connectivity index (χ1v) is 6.19. The fourth-order valence-electron chi connectivity index (χ4n) is 1.59. The average Bonchev–Trinajstić information content (AvgIpc) is 2.38. The largest absolute Gasteiger partial charge is 0.494 e. The predicted molar refractivity (Wildman–Crippen MR) is 69.2 cm³/mol. The number of unbranched alkanes of at least 4 members (excludes halogenated alkanes) is 3. The highest BCUT2D eigenvalue weighted by Gasteiger charge is 2.01. The molecule has 4 heteroatoms. The number of methoxy groups -OCH3 is 1. The van der Waals surface area contributed by atoms with E-state index in [-0.39, 0.29) is 5.56 Å². The Bertz CT molecular complexity index is 345. The van der Waals surface area contributed by atoms with Crippen molar-refractivity contribution in [2.75, 3.05) is 20.3 Å². The maximum atomic E-state index is 10.6. The maximum Gasteiger partial charge on any atom is 0.335 e. The molecule has 100 valence electrons. The van der Waals surface area contributed by atoms with Gasteiger partial charge in [-0.05, 0) is 43.5 Å². The van der Waals surface area contributed by atoms with Crippen LogP contribution in [0.3, 0.4) is 0 Å². The summed E-state index contributed by atoms with van der Waals surface area (Å²) in [5, 5.41) is 8.74. The third-order valence-electron chi connectivity index (χ3n) is 2.61. The Morgan fingerprint density at radius 1 is 1.06 bits per heavy atom. The monoisotopic (exact) mass is 252 g/mol. The summed E-state index contributed by atoms with van der Waals surface area (Å²) in [6.07, 6.45) is 4.36. The minimum atomic E-state index is -0.917. The first kappa shape index (κ1) is 14.5. The van der Waals surface area contributed by atoms with Gasteiger partial charge in [0.2, 0.25) is 0 Å². The van der Waals surface area contributed by atoms with Gasteiger partial charge < -0.3 is 14.6 Å². The summed E-state index contributed by atoms with van der Waals surface area (Å²) in [5.41, 5.74) is 0.280. The van der Waals surface area contributed by atoms with Crippen molar-refractivity contribution >= 4 is 5.97 Å². The third-order valence-corrected chi connectivity index (χ3v) is 2.61. The molecule has 0 fully saturated rings. The van der Waals surface area contributed by atoms with E-state index >= 15 is 0 Å². The first-order valence-electron chi connectivity index (χ1n) is 6.19. The molecule has 4 nitrogen and oxygen atoms in total. The molecule has 1 N–H and O–H groups in total.